The Morgan fingerprint density at radius 1 is 1.06 bits per heavy atom. The number of rotatable bonds is 6. The highest BCUT2D eigenvalue weighted by Crippen LogP contribution is 2.08. The van der Waals surface area contributed by atoms with E-state index in [1.807, 2.05) is 18.2 Å². The number of carbonyl (C=O) groups is 2. The molecule has 0 saturated heterocycles. The van der Waals surface area contributed by atoms with Gasteiger partial charge in [-0.1, -0.05) is 36.8 Å². The van der Waals surface area contributed by atoms with Crippen LogP contribution < -0.4 is 0 Å². The summed E-state index contributed by atoms with van der Waals surface area (Å²) in [5, 5.41) is 0. The number of esters is 2. The van der Waals surface area contributed by atoms with Crippen LogP contribution in [0.2, 0.25) is 0 Å². The van der Waals surface area contributed by atoms with Gasteiger partial charge in [0.1, 0.15) is 0 Å². The Labute approximate surface area is 102 Å². The summed E-state index contributed by atoms with van der Waals surface area (Å²) in [4.78, 5) is 21.5. The number of unbranched alkanes of at least 4 members (excludes halogenated alkanes) is 2. The Hall–Kier alpha value is -1.64. The van der Waals surface area contributed by atoms with Crippen LogP contribution in [-0.2, 0) is 20.7 Å². The fourth-order valence-electron chi connectivity index (χ4n) is 1.63. The summed E-state index contributed by atoms with van der Waals surface area (Å²) in [5.41, 5.74) is 1.32. The predicted molar refractivity (Wildman–Crippen MR) is 65.4 cm³/mol. The molecule has 0 amide bonds. The van der Waals surface area contributed by atoms with E-state index in [1.54, 1.807) is 0 Å². The number of carbonyl (C=O) groups excluding carboxylic acids is 2. The first kappa shape index (κ1) is 13.4. The van der Waals surface area contributed by atoms with Crippen molar-refractivity contribution in [1.82, 2.24) is 0 Å². The van der Waals surface area contributed by atoms with E-state index in [2.05, 4.69) is 16.9 Å². The van der Waals surface area contributed by atoms with Gasteiger partial charge in [-0.05, 0) is 24.8 Å². The molecule has 0 heterocycles. The number of hydrogen-bond acceptors (Lipinski definition) is 3. The highest BCUT2D eigenvalue weighted by molar-refractivity contribution is 5.83. The van der Waals surface area contributed by atoms with Gasteiger partial charge in [-0.25, -0.2) is 0 Å². The van der Waals surface area contributed by atoms with Crippen molar-refractivity contribution >= 4 is 11.9 Å². The third-order valence-electron chi connectivity index (χ3n) is 2.45. The summed E-state index contributed by atoms with van der Waals surface area (Å²) in [6.45, 7) is 1.24. The van der Waals surface area contributed by atoms with E-state index in [4.69, 9.17) is 0 Å². The first-order chi connectivity index (χ1) is 8.18. The van der Waals surface area contributed by atoms with Crippen LogP contribution in [0.3, 0.4) is 0 Å². The zero-order chi connectivity index (χ0) is 12.5. The van der Waals surface area contributed by atoms with Gasteiger partial charge in [0, 0.05) is 13.3 Å². The van der Waals surface area contributed by atoms with Crippen molar-refractivity contribution in [3.8, 4) is 0 Å². The van der Waals surface area contributed by atoms with Crippen molar-refractivity contribution in [2.24, 2.45) is 0 Å². The van der Waals surface area contributed by atoms with Gasteiger partial charge in [-0.15, -0.1) is 0 Å². The molecule has 0 spiro atoms. The van der Waals surface area contributed by atoms with E-state index in [9.17, 15) is 9.59 Å². The maximum Gasteiger partial charge on any atom is 0.313 e. The normalized spacial score (nSPS) is 9.94. The van der Waals surface area contributed by atoms with Crippen molar-refractivity contribution in [2.45, 2.75) is 39.0 Å². The van der Waals surface area contributed by atoms with Crippen LogP contribution in [0, 0.1) is 0 Å². The van der Waals surface area contributed by atoms with Crippen LogP contribution in [0.1, 0.15) is 38.2 Å². The highest BCUT2D eigenvalue weighted by atomic mass is 16.6. The molecule has 0 aliphatic rings. The molecule has 3 heteroatoms. The standard InChI is InChI=1S/C14H18O3/c1-12(15)17-14(16)11-7-3-6-10-13-8-4-2-5-9-13/h2,4-5,8-9H,3,6-7,10-11H2,1H3. The molecule has 1 rings (SSSR count). The summed E-state index contributed by atoms with van der Waals surface area (Å²) in [6.07, 6.45) is 4.16. The van der Waals surface area contributed by atoms with Crippen LogP contribution in [0.5, 0.6) is 0 Å². The Kier molecular flexibility index (Phi) is 6.00. The van der Waals surface area contributed by atoms with Crippen LogP contribution in [0.15, 0.2) is 30.3 Å². The number of ether oxygens (including phenoxy) is 1. The quantitative estimate of drug-likeness (QED) is 0.432. The molecular weight excluding hydrogens is 216 g/mol. The average Bonchev–Trinajstić information content (AvgIpc) is 2.29. The summed E-state index contributed by atoms with van der Waals surface area (Å²) in [6, 6.07) is 10.3. The van der Waals surface area contributed by atoms with Gasteiger partial charge < -0.3 is 4.74 Å². The molecule has 0 N–H and O–H groups in total. The minimum atomic E-state index is -0.528. The van der Waals surface area contributed by atoms with E-state index in [-0.39, 0.29) is 0 Å². The largest absolute Gasteiger partial charge is 0.393 e. The van der Waals surface area contributed by atoms with Crippen molar-refractivity contribution < 1.29 is 14.3 Å². The summed E-state index contributed by atoms with van der Waals surface area (Å²) in [5.74, 6) is -0.948. The molecule has 0 fully saturated rings. The van der Waals surface area contributed by atoms with E-state index < -0.39 is 11.9 Å². The minimum Gasteiger partial charge on any atom is -0.393 e. The van der Waals surface area contributed by atoms with Crippen LogP contribution in [0.4, 0.5) is 0 Å². The first-order valence-corrected chi connectivity index (χ1v) is 5.93. The van der Waals surface area contributed by atoms with Crippen molar-refractivity contribution in [3.63, 3.8) is 0 Å². The third kappa shape index (κ3) is 6.51. The lowest BCUT2D eigenvalue weighted by Crippen LogP contribution is -2.08. The van der Waals surface area contributed by atoms with Gasteiger partial charge >= 0.3 is 11.9 Å². The second-order valence-corrected chi connectivity index (χ2v) is 4.01. The topological polar surface area (TPSA) is 43.4 Å². The molecule has 17 heavy (non-hydrogen) atoms. The predicted octanol–water partition coefficient (Wildman–Crippen LogP) is 2.88. The summed E-state index contributed by atoms with van der Waals surface area (Å²) < 4.78 is 4.44. The second-order valence-electron chi connectivity index (χ2n) is 4.01. The van der Waals surface area contributed by atoms with Crippen molar-refractivity contribution in [1.29, 1.82) is 0 Å². The Morgan fingerprint density at radius 3 is 2.41 bits per heavy atom. The zero-order valence-corrected chi connectivity index (χ0v) is 10.1. The Balaban J connectivity index is 2.05. The molecule has 92 valence electrons. The third-order valence-corrected chi connectivity index (χ3v) is 2.45. The molecular formula is C14H18O3. The molecule has 0 radical (unpaired) electrons. The minimum absolute atomic E-state index is 0.328. The average molecular weight is 234 g/mol. The molecule has 3 nitrogen and oxygen atoms in total. The smallest absolute Gasteiger partial charge is 0.313 e. The summed E-state index contributed by atoms with van der Waals surface area (Å²) >= 11 is 0. The number of benzene rings is 1. The molecule has 0 saturated carbocycles. The van der Waals surface area contributed by atoms with E-state index in [1.165, 1.54) is 12.5 Å². The fraction of sp³-hybridized carbons (Fsp3) is 0.429. The monoisotopic (exact) mass is 234 g/mol. The van der Waals surface area contributed by atoms with Gasteiger partial charge in [0.2, 0.25) is 0 Å². The van der Waals surface area contributed by atoms with Gasteiger partial charge in [-0.2, -0.15) is 0 Å². The van der Waals surface area contributed by atoms with Crippen LogP contribution in [0.25, 0.3) is 0 Å². The lowest BCUT2D eigenvalue weighted by Gasteiger charge is -2.01. The van der Waals surface area contributed by atoms with Gasteiger partial charge in [0.05, 0.1) is 0 Å². The fourth-order valence-corrected chi connectivity index (χ4v) is 1.63. The molecule has 0 unspecified atom stereocenters. The van der Waals surface area contributed by atoms with Gasteiger partial charge in [-0.3, -0.25) is 9.59 Å². The Morgan fingerprint density at radius 2 is 1.76 bits per heavy atom. The molecule has 0 aliphatic heterocycles. The van der Waals surface area contributed by atoms with Gasteiger partial charge in [0.15, 0.2) is 0 Å². The van der Waals surface area contributed by atoms with Crippen LogP contribution in [-0.4, -0.2) is 11.9 Å². The second kappa shape index (κ2) is 7.60. The molecule has 0 atom stereocenters. The molecule has 0 aromatic heterocycles. The molecule has 1 aromatic rings. The lowest BCUT2D eigenvalue weighted by atomic mass is 10.1. The molecule has 0 aliphatic carbocycles. The number of hydrogen-bond donors (Lipinski definition) is 0. The van der Waals surface area contributed by atoms with E-state index in [0.717, 1.165) is 25.7 Å². The summed E-state index contributed by atoms with van der Waals surface area (Å²) in [7, 11) is 0. The van der Waals surface area contributed by atoms with Crippen molar-refractivity contribution in [2.75, 3.05) is 0 Å². The molecule has 1 aromatic carbocycles. The molecule has 0 bridgehead atoms. The van der Waals surface area contributed by atoms with Crippen LogP contribution >= 0.6 is 0 Å². The maximum absolute atomic E-state index is 11.0. The van der Waals surface area contributed by atoms with E-state index >= 15 is 0 Å². The van der Waals surface area contributed by atoms with Gasteiger partial charge in [0.25, 0.3) is 0 Å². The lowest BCUT2D eigenvalue weighted by molar-refractivity contribution is -0.158. The maximum atomic E-state index is 11.0. The van der Waals surface area contributed by atoms with E-state index in [0.29, 0.717) is 6.42 Å². The first-order valence-electron chi connectivity index (χ1n) is 5.93. The number of aryl methyl sites for hydroxylation is 1. The SMILES string of the molecule is CC(=O)OC(=O)CCCCCc1ccccc1. The van der Waals surface area contributed by atoms with Crippen molar-refractivity contribution in [3.05, 3.63) is 35.9 Å². The Bertz CT molecular complexity index is 357. The highest BCUT2D eigenvalue weighted by Gasteiger charge is 2.04. The zero-order valence-electron chi connectivity index (χ0n) is 10.1.